The number of aryl methyl sites for hydroxylation is 2. The van der Waals surface area contributed by atoms with E-state index in [2.05, 4.69) is 9.98 Å². The van der Waals surface area contributed by atoms with Crippen molar-refractivity contribution in [1.29, 1.82) is 0 Å². The predicted molar refractivity (Wildman–Crippen MR) is 161 cm³/mol. The first-order valence-corrected chi connectivity index (χ1v) is 15.6. The van der Waals surface area contributed by atoms with Crippen LogP contribution in [0.1, 0.15) is 48.4 Å². The lowest BCUT2D eigenvalue weighted by molar-refractivity contribution is -0.137. The van der Waals surface area contributed by atoms with Gasteiger partial charge in [0, 0.05) is 61.2 Å². The highest BCUT2D eigenvalue weighted by molar-refractivity contribution is 8.15. The first kappa shape index (κ1) is 31.0. The summed E-state index contributed by atoms with van der Waals surface area (Å²) in [6.45, 7) is 4.17. The molecule has 0 fully saturated rings. The summed E-state index contributed by atoms with van der Waals surface area (Å²) < 4.78 is 11.4. The SMILES string of the molecule is C[C@H]1CSC(c2cc(CCCOCCCOCCCc3cc(C4=N[C@@H](C(=O)O)CS4)c(O)cc3O)c(O)cc2O)=N1. The van der Waals surface area contributed by atoms with Crippen LogP contribution in [-0.4, -0.2) is 91.6 Å². The van der Waals surface area contributed by atoms with Crippen LogP contribution in [0, 0.1) is 0 Å². The third kappa shape index (κ3) is 8.54. The van der Waals surface area contributed by atoms with E-state index < -0.39 is 12.0 Å². The van der Waals surface area contributed by atoms with Crippen molar-refractivity contribution in [2.24, 2.45) is 9.98 Å². The summed E-state index contributed by atoms with van der Waals surface area (Å²) in [7, 11) is 0. The van der Waals surface area contributed by atoms with Crippen LogP contribution in [0.4, 0.5) is 0 Å². The molecule has 2 aliphatic rings. The summed E-state index contributed by atoms with van der Waals surface area (Å²) in [6.07, 6.45) is 3.29. The number of rotatable bonds is 15. The topological polar surface area (TPSA) is 161 Å². The summed E-state index contributed by atoms with van der Waals surface area (Å²) in [5.74, 6) is 0.177. The van der Waals surface area contributed by atoms with E-state index in [0.717, 1.165) is 29.2 Å². The minimum absolute atomic E-state index is 0.0179. The number of nitrogens with zero attached hydrogens (tertiary/aromatic N) is 2. The Kier molecular flexibility index (Phi) is 11.2. The number of phenolic OH excluding ortho intramolecular Hbond substituents is 4. The second kappa shape index (κ2) is 14.8. The molecule has 2 heterocycles. The number of phenols is 4. The Hall–Kier alpha value is -2.93. The van der Waals surface area contributed by atoms with E-state index in [1.165, 1.54) is 23.9 Å². The highest BCUT2D eigenvalue weighted by atomic mass is 32.2. The van der Waals surface area contributed by atoms with Crippen molar-refractivity contribution in [3.8, 4) is 23.0 Å². The molecular weight excluding hydrogens is 568 g/mol. The van der Waals surface area contributed by atoms with Gasteiger partial charge in [0.1, 0.15) is 33.1 Å². The Bertz CT molecular complexity index is 1300. The number of benzene rings is 2. The average molecular weight is 605 g/mol. The number of carboxylic acids is 1. The zero-order valence-electron chi connectivity index (χ0n) is 22.9. The van der Waals surface area contributed by atoms with Gasteiger partial charge in [0.15, 0.2) is 6.04 Å². The van der Waals surface area contributed by atoms with Crippen LogP contribution in [0.15, 0.2) is 34.3 Å². The maximum atomic E-state index is 11.2. The maximum absolute atomic E-state index is 11.2. The number of carbonyl (C=O) groups is 1. The van der Waals surface area contributed by atoms with Crippen molar-refractivity contribution in [2.75, 3.05) is 37.9 Å². The van der Waals surface area contributed by atoms with Gasteiger partial charge < -0.3 is 35.0 Å². The summed E-state index contributed by atoms with van der Waals surface area (Å²) in [5.41, 5.74) is 2.51. The Morgan fingerprint density at radius 1 is 0.756 bits per heavy atom. The minimum Gasteiger partial charge on any atom is -0.508 e. The van der Waals surface area contributed by atoms with Crippen molar-refractivity contribution in [3.05, 3.63) is 46.5 Å². The Morgan fingerprint density at radius 3 is 1.71 bits per heavy atom. The zero-order valence-corrected chi connectivity index (χ0v) is 24.5. The van der Waals surface area contributed by atoms with Crippen molar-refractivity contribution in [1.82, 2.24) is 0 Å². The Balaban J connectivity index is 1.10. The first-order chi connectivity index (χ1) is 19.7. The lowest BCUT2D eigenvalue weighted by Gasteiger charge is -2.11. The molecule has 10 nitrogen and oxygen atoms in total. The van der Waals surface area contributed by atoms with Gasteiger partial charge in [-0.05, 0) is 62.3 Å². The molecule has 0 saturated carbocycles. The van der Waals surface area contributed by atoms with Crippen LogP contribution in [0.3, 0.4) is 0 Å². The van der Waals surface area contributed by atoms with Crippen LogP contribution in [0.25, 0.3) is 0 Å². The number of hydrogen-bond donors (Lipinski definition) is 5. The molecule has 222 valence electrons. The third-order valence-corrected chi connectivity index (χ3v) is 8.97. The standard InChI is InChI=1S/C29H36N2O8S2/c1-17-15-40-27(30-17)20-11-18(23(32)13-25(20)34)5-2-7-38-9-4-10-39-8-3-6-19-12-21(26(35)14-24(19)33)28-31-22(16-41-28)29(36)37/h11-14,17,22,32-35H,2-10,15-16H2,1H3,(H,36,37)/t17-,22+/m0/s1. The average Bonchev–Trinajstić information content (AvgIpc) is 3.59. The fraction of sp³-hybridized carbons (Fsp3) is 0.483. The van der Waals surface area contributed by atoms with Gasteiger partial charge >= 0.3 is 5.97 Å². The molecule has 0 spiro atoms. The van der Waals surface area contributed by atoms with E-state index in [4.69, 9.17) is 14.6 Å². The molecule has 0 saturated heterocycles. The molecular formula is C29H36N2O8S2. The maximum Gasteiger partial charge on any atom is 0.329 e. The van der Waals surface area contributed by atoms with Crippen molar-refractivity contribution < 1.29 is 39.8 Å². The van der Waals surface area contributed by atoms with Gasteiger partial charge in [0.2, 0.25) is 0 Å². The second-order valence-corrected chi connectivity index (χ2v) is 12.0. The number of carboxylic acid groups (broad SMARTS) is 1. The van der Waals surface area contributed by atoms with Gasteiger partial charge in [-0.1, -0.05) is 0 Å². The third-order valence-electron chi connectivity index (χ3n) is 6.64. The van der Waals surface area contributed by atoms with E-state index in [1.54, 1.807) is 17.8 Å². The molecule has 12 heteroatoms. The fourth-order valence-corrected chi connectivity index (χ4v) is 6.55. The van der Waals surface area contributed by atoms with Gasteiger partial charge in [-0.25, -0.2) is 4.79 Å². The minimum atomic E-state index is -0.999. The zero-order chi connectivity index (χ0) is 29.4. The number of hydrogen-bond acceptors (Lipinski definition) is 11. The molecule has 0 aromatic heterocycles. The van der Waals surface area contributed by atoms with Gasteiger partial charge in [-0.3, -0.25) is 9.98 Å². The van der Waals surface area contributed by atoms with Crippen LogP contribution < -0.4 is 0 Å². The van der Waals surface area contributed by atoms with E-state index in [9.17, 15) is 25.2 Å². The molecule has 0 radical (unpaired) electrons. The molecule has 4 rings (SSSR count). The molecule has 0 unspecified atom stereocenters. The molecule has 2 aliphatic heterocycles. The summed E-state index contributed by atoms with van der Waals surface area (Å²) >= 11 is 2.89. The molecule has 5 N–H and O–H groups in total. The van der Waals surface area contributed by atoms with Gasteiger partial charge in [-0.2, -0.15) is 0 Å². The number of aliphatic imine (C=N–C) groups is 2. The summed E-state index contributed by atoms with van der Waals surface area (Å²) in [5, 5.41) is 51.3. The molecule has 2 aromatic carbocycles. The van der Waals surface area contributed by atoms with E-state index >= 15 is 0 Å². The van der Waals surface area contributed by atoms with E-state index in [-0.39, 0.29) is 29.0 Å². The van der Waals surface area contributed by atoms with E-state index in [0.29, 0.717) is 73.2 Å². The van der Waals surface area contributed by atoms with Crippen LogP contribution in [0.5, 0.6) is 23.0 Å². The number of aliphatic carboxylic acids is 1. The molecule has 0 bridgehead atoms. The fourth-order valence-electron chi connectivity index (χ4n) is 4.45. The monoisotopic (exact) mass is 604 g/mol. The number of aromatic hydroxyl groups is 4. The number of ether oxygens (including phenoxy) is 2. The first-order valence-electron chi connectivity index (χ1n) is 13.6. The van der Waals surface area contributed by atoms with Crippen molar-refractivity contribution >= 4 is 39.6 Å². The predicted octanol–water partition coefficient (Wildman–Crippen LogP) is 4.33. The molecule has 2 aromatic rings. The molecule has 2 atom stereocenters. The lowest BCUT2D eigenvalue weighted by Crippen LogP contribution is -2.17. The normalized spacial score (nSPS) is 18.5. The van der Waals surface area contributed by atoms with E-state index in [1.807, 2.05) is 13.0 Å². The van der Waals surface area contributed by atoms with Crippen LogP contribution in [-0.2, 0) is 27.1 Å². The van der Waals surface area contributed by atoms with Gasteiger partial charge in [-0.15, -0.1) is 23.5 Å². The highest BCUT2D eigenvalue weighted by Crippen LogP contribution is 2.35. The summed E-state index contributed by atoms with van der Waals surface area (Å²) in [6, 6.07) is 5.53. The van der Waals surface area contributed by atoms with Crippen LogP contribution >= 0.6 is 23.5 Å². The lowest BCUT2D eigenvalue weighted by atomic mass is 10.0. The number of thioether (sulfide) groups is 2. The highest BCUT2D eigenvalue weighted by Gasteiger charge is 2.27. The smallest absolute Gasteiger partial charge is 0.329 e. The second-order valence-electron chi connectivity index (χ2n) is 9.98. The van der Waals surface area contributed by atoms with Crippen molar-refractivity contribution in [2.45, 2.75) is 51.1 Å². The summed E-state index contributed by atoms with van der Waals surface area (Å²) in [4.78, 5) is 19.9. The van der Waals surface area contributed by atoms with Gasteiger partial charge in [0.25, 0.3) is 0 Å². The Labute approximate surface area is 247 Å². The quantitative estimate of drug-likeness (QED) is 0.185. The molecule has 0 aliphatic carbocycles. The van der Waals surface area contributed by atoms with Gasteiger partial charge in [0.05, 0.1) is 6.04 Å². The van der Waals surface area contributed by atoms with Crippen molar-refractivity contribution in [3.63, 3.8) is 0 Å². The molecule has 41 heavy (non-hydrogen) atoms. The molecule has 0 amide bonds. The largest absolute Gasteiger partial charge is 0.508 e. The Morgan fingerprint density at radius 2 is 1.24 bits per heavy atom. The van der Waals surface area contributed by atoms with Crippen LogP contribution in [0.2, 0.25) is 0 Å².